The Morgan fingerprint density at radius 3 is 2.48 bits per heavy atom. The van der Waals surface area contributed by atoms with Crippen molar-refractivity contribution in [3.8, 4) is 5.75 Å². The highest BCUT2D eigenvalue weighted by Gasteiger charge is 2.40. The quantitative estimate of drug-likeness (QED) is 0.375. The third kappa shape index (κ3) is 4.99. The first kappa shape index (κ1) is 22.8. The van der Waals surface area contributed by atoms with Crippen LogP contribution in [0.4, 0.5) is 8.78 Å². The van der Waals surface area contributed by atoms with Crippen molar-refractivity contribution < 1.29 is 18.3 Å². The van der Waals surface area contributed by atoms with Gasteiger partial charge in [-0.15, -0.1) is 0 Å². The molecule has 2 fully saturated rings. The van der Waals surface area contributed by atoms with Crippen molar-refractivity contribution in [1.29, 1.82) is 0 Å². The maximum absolute atomic E-state index is 14.6. The average Bonchev–Trinajstić information content (AvgIpc) is 3.37. The summed E-state index contributed by atoms with van der Waals surface area (Å²) in [5.74, 6) is 0.823. The zero-order valence-electron chi connectivity index (χ0n) is 19.2. The van der Waals surface area contributed by atoms with Gasteiger partial charge in [-0.2, -0.15) is 4.39 Å². The summed E-state index contributed by atoms with van der Waals surface area (Å²) in [4.78, 5) is 0. The van der Waals surface area contributed by atoms with Crippen LogP contribution in [0.3, 0.4) is 0 Å². The average molecular weight is 433 g/mol. The minimum atomic E-state index is -0.840. The summed E-state index contributed by atoms with van der Waals surface area (Å²) >= 11 is 0. The Morgan fingerprint density at radius 1 is 0.935 bits per heavy atom. The Kier molecular flexibility index (Phi) is 7.68. The molecule has 0 bridgehead atoms. The van der Waals surface area contributed by atoms with Gasteiger partial charge in [0.2, 0.25) is 5.82 Å². The van der Waals surface area contributed by atoms with Gasteiger partial charge in [-0.25, -0.2) is 4.39 Å². The second kappa shape index (κ2) is 10.5. The lowest BCUT2D eigenvalue weighted by molar-refractivity contribution is -0.00281. The molecule has 3 aliphatic carbocycles. The lowest BCUT2D eigenvalue weighted by Crippen LogP contribution is -2.25. The Morgan fingerprint density at radius 2 is 1.74 bits per heavy atom. The van der Waals surface area contributed by atoms with E-state index in [1.54, 1.807) is 17.7 Å². The minimum absolute atomic E-state index is 0.0264. The molecule has 3 unspecified atom stereocenters. The molecule has 1 aromatic carbocycles. The van der Waals surface area contributed by atoms with Crippen molar-refractivity contribution in [3.63, 3.8) is 0 Å². The molecule has 172 valence electrons. The van der Waals surface area contributed by atoms with Gasteiger partial charge in [-0.3, -0.25) is 0 Å². The van der Waals surface area contributed by atoms with Crippen molar-refractivity contribution in [3.05, 3.63) is 41.0 Å². The van der Waals surface area contributed by atoms with Crippen molar-refractivity contribution in [2.75, 3.05) is 13.2 Å². The maximum atomic E-state index is 14.6. The van der Waals surface area contributed by atoms with Crippen LogP contribution < -0.4 is 4.74 Å². The van der Waals surface area contributed by atoms with Gasteiger partial charge in [0.15, 0.2) is 11.6 Å². The van der Waals surface area contributed by atoms with Gasteiger partial charge in [-0.1, -0.05) is 38.0 Å². The van der Waals surface area contributed by atoms with E-state index in [0.717, 1.165) is 50.5 Å². The maximum Gasteiger partial charge on any atom is 0.200 e. The molecule has 2 nitrogen and oxygen atoms in total. The molecule has 0 heterocycles. The third-order valence-electron chi connectivity index (χ3n) is 7.84. The first-order valence-corrected chi connectivity index (χ1v) is 12.5. The summed E-state index contributed by atoms with van der Waals surface area (Å²) in [5, 5.41) is 0. The predicted octanol–water partition coefficient (Wildman–Crippen LogP) is 7.57. The Bertz CT molecular complexity index is 767. The highest BCUT2D eigenvalue weighted by molar-refractivity contribution is 5.33. The summed E-state index contributed by atoms with van der Waals surface area (Å²) in [5.41, 5.74) is 2.20. The zero-order chi connectivity index (χ0) is 21.8. The molecule has 0 aromatic heterocycles. The van der Waals surface area contributed by atoms with E-state index in [2.05, 4.69) is 13.0 Å². The monoisotopic (exact) mass is 432 g/mol. The molecule has 0 spiro atoms. The number of benzene rings is 1. The van der Waals surface area contributed by atoms with Crippen molar-refractivity contribution in [2.24, 2.45) is 17.8 Å². The summed E-state index contributed by atoms with van der Waals surface area (Å²) in [6.45, 7) is 5.49. The fraction of sp³-hybridized carbons (Fsp3) is 0.704. The fourth-order valence-corrected chi connectivity index (χ4v) is 6.17. The van der Waals surface area contributed by atoms with Crippen LogP contribution in [-0.4, -0.2) is 19.3 Å². The van der Waals surface area contributed by atoms with Gasteiger partial charge in [0, 0.05) is 0 Å². The molecule has 0 aliphatic heterocycles. The van der Waals surface area contributed by atoms with E-state index in [1.807, 2.05) is 6.92 Å². The van der Waals surface area contributed by atoms with E-state index in [-0.39, 0.29) is 17.8 Å². The molecule has 2 saturated carbocycles. The first-order valence-electron chi connectivity index (χ1n) is 12.5. The Labute approximate surface area is 186 Å². The highest BCUT2D eigenvalue weighted by Crippen LogP contribution is 2.49. The molecule has 0 N–H and O–H groups in total. The van der Waals surface area contributed by atoms with Crippen molar-refractivity contribution in [1.82, 2.24) is 0 Å². The first-order chi connectivity index (χ1) is 15.1. The van der Waals surface area contributed by atoms with Crippen LogP contribution in [-0.2, 0) is 4.74 Å². The smallest absolute Gasteiger partial charge is 0.200 e. The van der Waals surface area contributed by atoms with E-state index in [1.165, 1.54) is 32.1 Å². The van der Waals surface area contributed by atoms with Gasteiger partial charge in [0.1, 0.15) is 0 Å². The molecule has 31 heavy (non-hydrogen) atoms. The van der Waals surface area contributed by atoms with E-state index < -0.39 is 11.6 Å². The Hall–Kier alpha value is -1.42. The molecule has 4 heteroatoms. The molecule has 0 amide bonds. The summed E-state index contributed by atoms with van der Waals surface area (Å²) in [6, 6.07) is 3.31. The topological polar surface area (TPSA) is 18.5 Å². The molecule has 4 rings (SSSR count). The van der Waals surface area contributed by atoms with Crippen LogP contribution in [0.15, 0.2) is 23.8 Å². The number of fused-ring (bicyclic) bond motifs is 1. The molecule has 1 aromatic rings. The van der Waals surface area contributed by atoms with Gasteiger partial charge in [0.25, 0.3) is 0 Å². The molecule has 3 aliphatic rings. The second-order valence-electron chi connectivity index (χ2n) is 9.81. The van der Waals surface area contributed by atoms with Crippen LogP contribution in [0.25, 0.3) is 0 Å². The summed E-state index contributed by atoms with van der Waals surface area (Å²) in [6.07, 6.45) is 13.5. The molecule has 0 radical (unpaired) electrons. The minimum Gasteiger partial charge on any atom is -0.490 e. The van der Waals surface area contributed by atoms with Gasteiger partial charge in [0.05, 0.1) is 19.3 Å². The van der Waals surface area contributed by atoms with Crippen LogP contribution in [0.2, 0.25) is 0 Å². The number of allylic oxidation sites excluding steroid dienone is 2. The standard InChI is InChI=1S/C27H38F2O2/c1-3-5-18-8-12-23-20(9-13-22(18)23)17-31-21-10-6-19(7-11-21)24-14-15-25(30-16-4-2)27(29)26(24)28/h8,14-15,19-23H,3-7,9-13,16-17H2,1-2H3. The van der Waals surface area contributed by atoms with E-state index in [4.69, 9.17) is 9.47 Å². The SMILES string of the molecule is CCCOc1ccc(C2CCC(OCC3CCC4C(CCC)=CCC34)CC2)c(F)c1F. The number of ether oxygens (including phenoxy) is 2. The van der Waals surface area contributed by atoms with Crippen molar-refractivity contribution >= 4 is 0 Å². The van der Waals surface area contributed by atoms with Crippen LogP contribution in [0, 0.1) is 29.4 Å². The lowest BCUT2D eigenvalue weighted by atomic mass is 9.82. The van der Waals surface area contributed by atoms with Gasteiger partial charge in [-0.05, 0) is 93.1 Å². The fourth-order valence-electron chi connectivity index (χ4n) is 6.17. The third-order valence-corrected chi connectivity index (χ3v) is 7.84. The number of rotatable bonds is 9. The predicted molar refractivity (Wildman–Crippen MR) is 120 cm³/mol. The number of hydrogen-bond donors (Lipinski definition) is 0. The van der Waals surface area contributed by atoms with Gasteiger partial charge >= 0.3 is 0 Å². The zero-order valence-corrected chi connectivity index (χ0v) is 19.2. The molecular weight excluding hydrogens is 394 g/mol. The lowest BCUT2D eigenvalue weighted by Gasteiger charge is -2.30. The second-order valence-corrected chi connectivity index (χ2v) is 9.81. The van der Waals surface area contributed by atoms with E-state index >= 15 is 0 Å². The summed E-state index contributed by atoms with van der Waals surface area (Å²) in [7, 11) is 0. The Balaban J connectivity index is 1.25. The van der Waals surface area contributed by atoms with E-state index in [0.29, 0.717) is 18.1 Å². The number of halogens is 2. The normalized spacial score (nSPS) is 30.3. The largest absolute Gasteiger partial charge is 0.490 e. The highest BCUT2D eigenvalue weighted by atomic mass is 19.2. The molecule has 3 atom stereocenters. The van der Waals surface area contributed by atoms with Crippen LogP contribution >= 0.6 is 0 Å². The molecular formula is C27H38F2O2. The van der Waals surface area contributed by atoms with Crippen LogP contribution in [0.5, 0.6) is 5.75 Å². The number of hydrogen-bond acceptors (Lipinski definition) is 2. The summed E-state index contributed by atoms with van der Waals surface area (Å²) < 4.78 is 40.7. The van der Waals surface area contributed by atoms with Gasteiger partial charge < -0.3 is 9.47 Å². The molecule has 0 saturated heterocycles. The van der Waals surface area contributed by atoms with Crippen molar-refractivity contribution in [2.45, 2.75) is 90.1 Å². The van der Waals surface area contributed by atoms with E-state index in [9.17, 15) is 8.78 Å². The van der Waals surface area contributed by atoms with Crippen LogP contribution in [0.1, 0.15) is 89.5 Å².